The van der Waals surface area contributed by atoms with Crippen molar-refractivity contribution < 1.29 is 37.1 Å². The van der Waals surface area contributed by atoms with Crippen LogP contribution in [0.1, 0.15) is 66.1 Å². The summed E-state index contributed by atoms with van der Waals surface area (Å²) in [7, 11) is 0. The Morgan fingerprint density at radius 3 is 2.39 bits per heavy atom. The number of aromatic carboxylic acids is 1. The standard InChI is InChI=1S/C26H25F3N4O5/c27-26(28,29)37-21-4-2-1-3-19(21)22-20(23(38-32-22)14-5-6-14)13-36-18-9-16-7-8-17(10-18)33(16)25-30-11-15(12-31-25)24(34)35/h1-4,11-12,14,16-18H,5-10,13H2,(H,34,35)/t16-,17+,18?. The number of hydrogen-bond acceptors (Lipinski definition) is 8. The molecule has 3 atom stereocenters. The Balaban J connectivity index is 1.19. The van der Waals surface area contributed by atoms with Gasteiger partial charge in [-0.1, -0.05) is 17.3 Å². The maximum Gasteiger partial charge on any atom is 0.573 e. The number of aromatic nitrogens is 3. The van der Waals surface area contributed by atoms with Crippen LogP contribution in [0.2, 0.25) is 0 Å². The Morgan fingerprint density at radius 2 is 1.76 bits per heavy atom. The predicted molar refractivity (Wildman–Crippen MR) is 127 cm³/mol. The summed E-state index contributed by atoms with van der Waals surface area (Å²) in [5, 5.41) is 13.3. The Bertz CT molecular complexity index is 1310. The van der Waals surface area contributed by atoms with Crippen molar-refractivity contribution in [1.29, 1.82) is 0 Å². The third-order valence-corrected chi connectivity index (χ3v) is 7.40. The lowest BCUT2D eigenvalue weighted by molar-refractivity contribution is -0.274. The molecule has 6 rings (SSSR count). The quantitative estimate of drug-likeness (QED) is 0.414. The van der Waals surface area contributed by atoms with Gasteiger partial charge in [-0.25, -0.2) is 14.8 Å². The number of para-hydroxylation sites is 1. The van der Waals surface area contributed by atoms with Gasteiger partial charge >= 0.3 is 12.3 Å². The van der Waals surface area contributed by atoms with Crippen LogP contribution in [-0.4, -0.2) is 50.8 Å². The molecule has 1 unspecified atom stereocenters. The number of ether oxygens (including phenoxy) is 2. The fraction of sp³-hybridized carbons (Fsp3) is 0.462. The molecule has 3 aliphatic rings. The number of nitrogens with zero attached hydrogens (tertiary/aromatic N) is 4. The molecule has 1 N–H and O–H groups in total. The van der Waals surface area contributed by atoms with E-state index in [0.717, 1.165) is 38.5 Å². The molecular formula is C26H25F3N4O5. The number of fused-ring (bicyclic) bond motifs is 2. The molecule has 0 amide bonds. The van der Waals surface area contributed by atoms with Gasteiger partial charge in [0.05, 0.1) is 18.3 Å². The van der Waals surface area contributed by atoms with Gasteiger partial charge in [0, 0.05) is 41.5 Å². The molecule has 38 heavy (non-hydrogen) atoms. The third-order valence-electron chi connectivity index (χ3n) is 7.40. The smallest absolute Gasteiger partial charge is 0.478 e. The van der Waals surface area contributed by atoms with E-state index >= 15 is 0 Å². The predicted octanol–water partition coefficient (Wildman–Crippen LogP) is 5.32. The number of halogens is 3. The minimum atomic E-state index is -4.83. The SMILES string of the molecule is O=C(O)c1cnc(N2[C@@H]3CC[C@H]2CC(OCc2c(-c4ccccc4OC(F)(F)F)noc2C2CC2)C3)nc1. The Kier molecular flexibility index (Phi) is 6.21. The number of anilines is 1. The van der Waals surface area contributed by atoms with E-state index in [4.69, 9.17) is 14.4 Å². The number of benzene rings is 1. The van der Waals surface area contributed by atoms with Crippen molar-refractivity contribution in [2.45, 2.75) is 75.6 Å². The van der Waals surface area contributed by atoms with Crippen LogP contribution in [0.5, 0.6) is 5.75 Å². The van der Waals surface area contributed by atoms with Gasteiger partial charge in [0.1, 0.15) is 17.2 Å². The summed E-state index contributed by atoms with van der Waals surface area (Å²) >= 11 is 0. The van der Waals surface area contributed by atoms with Crippen LogP contribution in [0.4, 0.5) is 19.1 Å². The van der Waals surface area contributed by atoms with Gasteiger partial charge in [-0.05, 0) is 50.7 Å². The molecule has 1 saturated carbocycles. The van der Waals surface area contributed by atoms with Gasteiger partial charge in [0.25, 0.3) is 0 Å². The second-order valence-corrected chi connectivity index (χ2v) is 9.97. The van der Waals surface area contributed by atoms with E-state index in [1.54, 1.807) is 6.07 Å². The molecule has 4 heterocycles. The first-order valence-electron chi connectivity index (χ1n) is 12.6. The molecule has 2 aliphatic heterocycles. The number of rotatable bonds is 8. The van der Waals surface area contributed by atoms with Crippen molar-refractivity contribution in [3.63, 3.8) is 0 Å². The van der Waals surface area contributed by atoms with Crippen LogP contribution in [0.3, 0.4) is 0 Å². The summed E-state index contributed by atoms with van der Waals surface area (Å²) in [6, 6.07) is 6.21. The number of piperidine rings is 1. The number of carbonyl (C=O) groups is 1. The highest BCUT2D eigenvalue weighted by Gasteiger charge is 2.43. The van der Waals surface area contributed by atoms with Crippen molar-refractivity contribution in [3.05, 3.63) is 53.5 Å². The lowest BCUT2D eigenvalue weighted by Gasteiger charge is -2.38. The summed E-state index contributed by atoms with van der Waals surface area (Å²) in [5.74, 6) is -0.0433. The minimum absolute atomic E-state index is 0.0394. The average molecular weight is 531 g/mol. The fourth-order valence-corrected chi connectivity index (χ4v) is 5.57. The largest absolute Gasteiger partial charge is 0.573 e. The van der Waals surface area contributed by atoms with Crippen molar-refractivity contribution in [3.8, 4) is 17.0 Å². The van der Waals surface area contributed by atoms with Crippen LogP contribution >= 0.6 is 0 Å². The van der Waals surface area contributed by atoms with Gasteiger partial charge in [-0.2, -0.15) is 0 Å². The second-order valence-electron chi connectivity index (χ2n) is 9.97. The normalized spacial score (nSPS) is 23.0. The van der Waals surface area contributed by atoms with Gasteiger partial charge < -0.3 is 24.0 Å². The molecule has 12 heteroatoms. The first-order chi connectivity index (χ1) is 18.3. The van der Waals surface area contributed by atoms with E-state index in [1.807, 2.05) is 0 Å². The first kappa shape index (κ1) is 24.7. The van der Waals surface area contributed by atoms with Gasteiger partial charge in [0.15, 0.2) is 0 Å². The zero-order valence-corrected chi connectivity index (χ0v) is 20.2. The van der Waals surface area contributed by atoms with Gasteiger partial charge in [0.2, 0.25) is 5.95 Å². The maximum atomic E-state index is 13.0. The molecule has 1 aromatic carbocycles. The topological polar surface area (TPSA) is 111 Å². The van der Waals surface area contributed by atoms with E-state index in [0.29, 0.717) is 23.0 Å². The summed E-state index contributed by atoms with van der Waals surface area (Å²) in [6.07, 6.45) is 2.96. The van der Waals surface area contributed by atoms with Crippen molar-refractivity contribution in [2.75, 3.05) is 4.90 Å². The number of carboxylic acids is 1. The Hall–Kier alpha value is -3.67. The van der Waals surface area contributed by atoms with E-state index < -0.39 is 12.3 Å². The van der Waals surface area contributed by atoms with Gasteiger partial charge in [-0.3, -0.25) is 0 Å². The lowest BCUT2D eigenvalue weighted by Crippen LogP contribution is -2.46. The summed E-state index contributed by atoms with van der Waals surface area (Å²) in [4.78, 5) is 21.8. The molecule has 2 aromatic heterocycles. The van der Waals surface area contributed by atoms with Crippen LogP contribution < -0.4 is 9.64 Å². The number of carboxylic acid groups (broad SMARTS) is 1. The highest BCUT2D eigenvalue weighted by atomic mass is 19.4. The molecule has 2 saturated heterocycles. The molecule has 0 spiro atoms. The molecule has 2 bridgehead atoms. The molecule has 1 aliphatic carbocycles. The van der Waals surface area contributed by atoms with E-state index in [1.165, 1.54) is 30.6 Å². The van der Waals surface area contributed by atoms with Crippen LogP contribution in [0.15, 0.2) is 41.2 Å². The minimum Gasteiger partial charge on any atom is -0.478 e. The summed E-state index contributed by atoms with van der Waals surface area (Å²) in [6.45, 7) is 0.166. The van der Waals surface area contributed by atoms with Crippen molar-refractivity contribution in [2.24, 2.45) is 0 Å². The number of hydrogen-bond donors (Lipinski definition) is 1. The zero-order chi connectivity index (χ0) is 26.4. The van der Waals surface area contributed by atoms with Crippen molar-refractivity contribution >= 4 is 11.9 Å². The monoisotopic (exact) mass is 530 g/mol. The van der Waals surface area contributed by atoms with Crippen LogP contribution in [0, 0.1) is 0 Å². The molecule has 200 valence electrons. The maximum absolute atomic E-state index is 13.0. The van der Waals surface area contributed by atoms with E-state index in [-0.39, 0.29) is 47.6 Å². The van der Waals surface area contributed by atoms with E-state index in [2.05, 4.69) is 24.8 Å². The molecule has 9 nitrogen and oxygen atoms in total. The Labute approximate surface area is 215 Å². The molecule has 3 fully saturated rings. The number of alkyl halides is 3. The Morgan fingerprint density at radius 1 is 1.08 bits per heavy atom. The second kappa shape index (κ2) is 9.57. The average Bonchev–Trinajstić information content (AvgIpc) is 3.58. The third kappa shape index (κ3) is 4.92. The van der Waals surface area contributed by atoms with Crippen LogP contribution in [0.25, 0.3) is 11.3 Å². The lowest BCUT2D eigenvalue weighted by atomic mass is 9.99. The molecule has 3 aromatic rings. The van der Waals surface area contributed by atoms with Gasteiger partial charge in [-0.15, -0.1) is 13.2 Å². The molecule has 0 radical (unpaired) electrons. The van der Waals surface area contributed by atoms with Crippen LogP contribution in [-0.2, 0) is 11.3 Å². The highest BCUT2D eigenvalue weighted by molar-refractivity contribution is 5.86. The summed E-state index contributed by atoms with van der Waals surface area (Å²) in [5.41, 5.74) is 1.21. The highest BCUT2D eigenvalue weighted by Crippen LogP contribution is 2.46. The van der Waals surface area contributed by atoms with E-state index in [9.17, 15) is 18.0 Å². The zero-order valence-electron chi connectivity index (χ0n) is 20.2. The summed E-state index contributed by atoms with van der Waals surface area (Å²) < 4.78 is 55.3. The van der Waals surface area contributed by atoms with Crippen molar-refractivity contribution in [1.82, 2.24) is 15.1 Å². The molecular weight excluding hydrogens is 505 g/mol. The fourth-order valence-electron chi connectivity index (χ4n) is 5.57. The first-order valence-corrected chi connectivity index (χ1v) is 12.6.